The van der Waals surface area contributed by atoms with Crippen molar-refractivity contribution in [3.63, 3.8) is 0 Å². The molecule has 1 amide bonds. The highest BCUT2D eigenvalue weighted by Crippen LogP contribution is 2.39. The zero-order valence-electron chi connectivity index (χ0n) is 17.0. The van der Waals surface area contributed by atoms with Gasteiger partial charge in [0.2, 0.25) is 11.7 Å². The number of para-hydroxylation sites is 1. The monoisotopic (exact) mass is 399 g/mol. The van der Waals surface area contributed by atoms with E-state index in [0.717, 1.165) is 33.5 Å². The lowest BCUT2D eigenvalue weighted by atomic mass is 9.87. The van der Waals surface area contributed by atoms with Gasteiger partial charge in [-0.15, -0.1) is 0 Å². The predicted octanol–water partition coefficient (Wildman–Crippen LogP) is 4.85. The Kier molecular flexibility index (Phi) is 4.10. The number of nitrogens with zero attached hydrogens (tertiary/aromatic N) is 2. The van der Waals surface area contributed by atoms with Gasteiger partial charge < -0.3 is 9.73 Å². The number of fused-ring (bicyclic) bond motifs is 2. The minimum absolute atomic E-state index is 0.0717. The van der Waals surface area contributed by atoms with Crippen molar-refractivity contribution in [2.75, 3.05) is 5.32 Å². The lowest BCUT2D eigenvalue weighted by molar-refractivity contribution is -0.116. The largest absolute Gasteiger partial charge is 0.453 e. The molecule has 150 valence electrons. The van der Waals surface area contributed by atoms with Gasteiger partial charge in [0, 0.05) is 17.4 Å². The number of furan rings is 1. The summed E-state index contributed by atoms with van der Waals surface area (Å²) in [5.74, 6) is -0.217. The SMILES string of the molecule is Cc1cc(C)cc(-n2nc(C)c3c2NC(=O)C[C@H]3C(=O)c2cc3ccccc3o2)c1. The van der Waals surface area contributed by atoms with Crippen LogP contribution in [0.2, 0.25) is 0 Å². The van der Waals surface area contributed by atoms with Crippen molar-refractivity contribution in [3.8, 4) is 5.69 Å². The molecule has 30 heavy (non-hydrogen) atoms. The van der Waals surface area contributed by atoms with Crippen LogP contribution < -0.4 is 5.32 Å². The number of hydrogen-bond donors (Lipinski definition) is 1. The lowest BCUT2D eigenvalue weighted by Crippen LogP contribution is -2.28. The second kappa shape index (κ2) is 6.69. The first-order valence-electron chi connectivity index (χ1n) is 9.91. The third-order valence-electron chi connectivity index (χ3n) is 5.54. The van der Waals surface area contributed by atoms with Gasteiger partial charge in [-0.1, -0.05) is 24.3 Å². The van der Waals surface area contributed by atoms with Crippen LogP contribution in [0.4, 0.5) is 5.82 Å². The first-order valence-corrected chi connectivity index (χ1v) is 9.91. The number of anilines is 1. The molecule has 0 bridgehead atoms. The van der Waals surface area contributed by atoms with Crippen LogP contribution in [0.5, 0.6) is 0 Å². The maximum Gasteiger partial charge on any atom is 0.226 e. The molecule has 0 fully saturated rings. The molecule has 1 aliphatic heterocycles. The molecule has 2 aromatic heterocycles. The summed E-state index contributed by atoms with van der Waals surface area (Å²) in [6.45, 7) is 5.91. The third kappa shape index (κ3) is 2.92. The summed E-state index contributed by atoms with van der Waals surface area (Å²) in [6, 6.07) is 15.3. The van der Waals surface area contributed by atoms with Crippen LogP contribution in [0.25, 0.3) is 16.7 Å². The molecular weight excluding hydrogens is 378 g/mol. The van der Waals surface area contributed by atoms with Gasteiger partial charge in [0.05, 0.1) is 17.3 Å². The first-order chi connectivity index (χ1) is 14.4. The van der Waals surface area contributed by atoms with Crippen LogP contribution in [0, 0.1) is 20.8 Å². The molecule has 0 saturated heterocycles. The van der Waals surface area contributed by atoms with Gasteiger partial charge in [-0.25, -0.2) is 4.68 Å². The number of carbonyl (C=O) groups is 2. The van der Waals surface area contributed by atoms with Crippen molar-refractivity contribution in [1.82, 2.24) is 9.78 Å². The van der Waals surface area contributed by atoms with Crippen molar-refractivity contribution >= 4 is 28.5 Å². The number of hydrogen-bond acceptors (Lipinski definition) is 4. The average molecular weight is 399 g/mol. The van der Waals surface area contributed by atoms with Crippen LogP contribution >= 0.6 is 0 Å². The normalized spacial score (nSPS) is 15.8. The lowest BCUT2D eigenvalue weighted by Gasteiger charge is -2.22. The molecule has 2 aromatic carbocycles. The van der Waals surface area contributed by atoms with Gasteiger partial charge in [0.15, 0.2) is 5.76 Å². The molecule has 6 nitrogen and oxygen atoms in total. The minimum Gasteiger partial charge on any atom is -0.453 e. The van der Waals surface area contributed by atoms with Crippen LogP contribution in [0.1, 0.15) is 45.3 Å². The molecule has 1 aliphatic rings. The van der Waals surface area contributed by atoms with E-state index < -0.39 is 5.92 Å². The van der Waals surface area contributed by atoms with Crippen molar-refractivity contribution in [2.24, 2.45) is 0 Å². The van der Waals surface area contributed by atoms with E-state index in [1.165, 1.54) is 0 Å². The second-order valence-electron chi connectivity index (χ2n) is 7.92. The number of nitrogens with one attached hydrogen (secondary N) is 1. The highest BCUT2D eigenvalue weighted by atomic mass is 16.3. The van der Waals surface area contributed by atoms with E-state index in [1.807, 2.05) is 57.2 Å². The van der Waals surface area contributed by atoms with Crippen molar-refractivity contribution in [1.29, 1.82) is 0 Å². The van der Waals surface area contributed by atoms with E-state index in [0.29, 0.717) is 11.4 Å². The third-order valence-corrected chi connectivity index (χ3v) is 5.54. The van der Waals surface area contributed by atoms with Gasteiger partial charge in [-0.05, 0) is 56.2 Å². The Labute approximate surface area is 173 Å². The number of aryl methyl sites for hydroxylation is 3. The molecule has 0 spiro atoms. The smallest absolute Gasteiger partial charge is 0.226 e. The van der Waals surface area contributed by atoms with E-state index in [2.05, 4.69) is 16.5 Å². The van der Waals surface area contributed by atoms with Crippen molar-refractivity contribution in [3.05, 3.63) is 76.7 Å². The van der Waals surface area contributed by atoms with Gasteiger partial charge in [-0.2, -0.15) is 5.10 Å². The number of rotatable bonds is 3. The van der Waals surface area contributed by atoms with Crippen LogP contribution in [0.15, 0.2) is 52.9 Å². The summed E-state index contributed by atoms with van der Waals surface area (Å²) in [6.07, 6.45) is 0.0717. The zero-order valence-corrected chi connectivity index (χ0v) is 17.0. The fourth-order valence-corrected chi connectivity index (χ4v) is 4.31. The summed E-state index contributed by atoms with van der Waals surface area (Å²) in [7, 11) is 0. The van der Waals surface area contributed by atoms with Gasteiger partial charge in [0.25, 0.3) is 0 Å². The number of aromatic nitrogens is 2. The van der Waals surface area contributed by atoms with Crippen LogP contribution in [-0.2, 0) is 4.79 Å². The Morgan fingerprint density at radius 2 is 1.83 bits per heavy atom. The summed E-state index contributed by atoms with van der Waals surface area (Å²) in [5, 5.41) is 8.46. The number of ketones is 1. The highest BCUT2D eigenvalue weighted by Gasteiger charge is 2.37. The summed E-state index contributed by atoms with van der Waals surface area (Å²) in [4.78, 5) is 25.9. The van der Waals surface area contributed by atoms with Crippen LogP contribution in [-0.4, -0.2) is 21.5 Å². The Balaban J connectivity index is 1.62. The fourth-order valence-electron chi connectivity index (χ4n) is 4.31. The molecular formula is C24H21N3O3. The molecule has 1 N–H and O–H groups in total. The van der Waals surface area contributed by atoms with E-state index in [-0.39, 0.29) is 23.9 Å². The summed E-state index contributed by atoms with van der Waals surface area (Å²) >= 11 is 0. The molecule has 1 atom stereocenters. The molecule has 0 aliphatic carbocycles. The highest BCUT2D eigenvalue weighted by molar-refractivity contribution is 6.08. The Bertz CT molecular complexity index is 1280. The van der Waals surface area contributed by atoms with Gasteiger partial charge >= 0.3 is 0 Å². The molecule has 0 saturated carbocycles. The number of Topliss-reactive ketones (excluding diaryl/α,β-unsaturated/α-hetero) is 1. The van der Waals surface area contributed by atoms with E-state index in [4.69, 9.17) is 4.42 Å². The Morgan fingerprint density at radius 1 is 1.10 bits per heavy atom. The average Bonchev–Trinajstić information content (AvgIpc) is 3.27. The summed E-state index contributed by atoms with van der Waals surface area (Å²) < 4.78 is 7.51. The molecule has 3 heterocycles. The van der Waals surface area contributed by atoms with Crippen molar-refractivity contribution < 1.29 is 14.0 Å². The van der Waals surface area contributed by atoms with Crippen LogP contribution in [0.3, 0.4) is 0 Å². The molecule has 5 rings (SSSR count). The number of benzene rings is 2. The number of carbonyl (C=O) groups excluding carboxylic acids is 2. The quantitative estimate of drug-likeness (QED) is 0.500. The van der Waals surface area contributed by atoms with E-state index >= 15 is 0 Å². The van der Waals surface area contributed by atoms with E-state index in [1.54, 1.807) is 10.7 Å². The maximum absolute atomic E-state index is 13.4. The predicted molar refractivity (Wildman–Crippen MR) is 114 cm³/mol. The van der Waals surface area contributed by atoms with Crippen molar-refractivity contribution in [2.45, 2.75) is 33.1 Å². The fraction of sp³-hybridized carbons (Fsp3) is 0.208. The maximum atomic E-state index is 13.4. The summed E-state index contributed by atoms with van der Waals surface area (Å²) in [5.41, 5.74) is 5.18. The van der Waals surface area contributed by atoms with E-state index in [9.17, 15) is 9.59 Å². The molecule has 0 radical (unpaired) electrons. The van der Waals surface area contributed by atoms with Gasteiger partial charge in [-0.3, -0.25) is 9.59 Å². The standard InChI is InChI=1S/C24H21N3O3/c1-13-8-14(2)10-17(9-13)27-24-22(15(3)26-27)18(12-21(28)25-24)23(29)20-11-16-6-4-5-7-19(16)30-20/h4-11,18H,12H2,1-3H3,(H,25,28)/t18-/m1/s1. The topological polar surface area (TPSA) is 77.1 Å². The molecule has 6 heteroatoms. The van der Waals surface area contributed by atoms with Gasteiger partial charge in [0.1, 0.15) is 11.4 Å². The molecule has 0 unspecified atom stereocenters. The molecule has 4 aromatic rings. The number of amides is 1. The second-order valence-corrected chi connectivity index (χ2v) is 7.92. The zero-order chi connectivity index (χ0) is 21.0. The first kappa shape index (κ1) is 18.4. The Morgan fingerprint density at radius 3 is 2.57 bits per heavy atom. The minimum atomic E-state index is -0.631. The Hall–Kier alpha value is -3.67.